The fourth-order valence-electron chi connectivity index (χ4n) is 4.87. The van der Waals surface area contributed by atoms with Crippen molar-refractivity contribution in [3.8, 4) is 11.1 Å². The molecule has 0 spiro atoms. The van der Waals surface area contributed by atoms with E-state index in [1.165, 1.54) is 0 Å². The van der Waals surface area contributed by atoms with Gasteiger partial charge >= 0.3 is 12.1 Å². The molecule has 0 saturated carbocycles. The Morgan fingerprint density at radius 1 is 0.971 bits per heavy atom. The topological polar surface area (TPSA) is 105 Å². The summed E-state index contributed by atoms with van der Waals surface area (Å²) >= 11 is 0. The largest absolute Gasteiger partial charge is 0.481 e. The van der Waals surface area contributed by atoms with Gasteiger partial charge in [0.2, 0.25) is 5.91 Å². The highest BCUT2D eigenvalue weighted by molar-refractivity contribution is 5.81. The van der Waals surface area contributed by atoms with Gasteiger partial charge in [-0.1, -0.05) is 69.3 Å². The molecule has 1 aliphatic carbocycles. The molecule has 3 rings (SSSR count). The normalized spacial score (nSPS) is 14.6. The zero-order valence-corrected chi connectivity index (χ0v) is 21.1. The van der Waals surface area contributed by atoms with Gasteiger partial charge in [0.05, 0.1) is 5.41 Å². The summed E-state index contributed by atoms with van der Waals surface area (Å²) in [6, 6.07) is 15.3. The van der Waals surface area contributed by atoms with E-state index in [0.29, 0.717) is 6.42 Å². The molecule has 2 aromatic rings. The number of carbonyl (C=O) groups is 3. The summed E-state index contributed by atoms with van der Waals surface area (Å²) in [5.74, 6) is -1.38. The number of amides is 2. The van der Waals surface area contributed by atoms with Crippen LogP contribution in [0.2, 0.25) is 0 Å². The molecular weight excluding hydrogens is 444 g/mol. The number of carboxylic acids is 1. The zero-order valence-electron chi connectivity index (χ0n) is 21.1. The first-order valence-corrected chi connectivity index (χ1v) is 12.2. The van der Waals surface area contributed by atoms with Crippen LogP contribution in [-0.2, 0) is 14.3 Å². The van der Waals surface area contributed by atoms with Gasteiger partial charge in [-0.2, -0.15) is 0 Å². The molecule has 35 heavy (non-hydrogen) atoms. The molecule has 0 fully saturated rings. The van der Waals surface area contributed by atoms with Crippen molar-refractivity contribution in [1.29, 1.82) is 0 Å². The van der Waals surface area contributed by atoms with Gasteiger partial charge in [-0.3, -0.25) is 9.59 Å². The number of rotatable bonds is 10. The van der Waals surface area contributed by atoms with Crippen LogP contribution in [0.1, 0.15) is 64.5 Å². The second-order valence-electron chi connectivity index (χ2n) is 10.1. The quantitative estimate of drug-likeness (QED) is 0.447. The summed E-state index contributed by atoms with van der Waals surface area (Å²) in [7, 11) is 0. The minimum atomic E-state index is -1.12. The minimum Gasteiger partial charge on any atom is -0.481 e. The molecule has 0 aliphatic heterocycles. The number of benzene rings is 2. The van der Waals surface area contributed by atoms with E-state index in [1.54, 1.807) is 13.8 Å². The first-order valence-electron chi connectivity index (χ1n) is 12.2. The standard InChI is InChI=1S/C28H36N2O5/c1-6-18(15-24(31)30-25(17(2)3)28(4,5)26(32)33)29-27(34)35-16-23-21-13-9-7-11-19(21)20-12-8-10-14-22(20)23/h7-14,17-18,23,25H,6,15-16H2,1-5H3,(H,29,34)(H,30,31)(H,32,33). The predicted molar refractivity (Wildman–Crippen MR) is 135 cm³/mol. The van der Waals surface area contributed by atoms with Crippen LogP contribution < -0.4 is 10.6 Å². The van der Waals surface area contributed by atoms with Crippen LogP contribution in [0.15, 0.2) is 48.5 Å². The first kappa shape index (κ1) is 26.3. The Morgan fingerprint density at radius 3 is 2.00 bits per heavy atom. The number of ether oxygens (including phenoxy) is 1. The van der Waals surface area contributed by atoms with Crippen molar-refractivity contribution in [2.24, 2.45) is 11.3 Å². The lowest BCUT2D eigenvalue weighted by Crippen LogP contribution is -2.52. The van der Waals surface area contributed by atoms with E-state index in [2.05, 4.69) is 34.9 Å². The van der Waals surface area contributed by atoms with Crippen molar-refractivity contribution in [2.75, 3.05) is 6.61 Å². The Hall–Kier alpha value is -3.35. The minimum absolute atomic E-state index is 0.0402. The molecule has 2 amide bonds. The van der Waals surface area contributed by atoms with Crippen molar-refractivity contribution in [3.63, 3.8) is 0 Å². The SMILES string of the molecule is CCC(CC(=O)NC(C(C)C)C(C)(C)C(=O)O)NC(=O)OCC1c2ccccc2-c2ccccc21. The van der Waals surface area contributed by atoms with Gasteiger partial charge < -0.3 is 20.5 Å². The van der Waals surface area contributed by atoms with Crippen LogP contribution in [0.3, 0.4) is 0 Å². The highest BCUT2D eigenvalue weighted by atomic mass is 16.5. The number of carboxylic acid groups (broad SMARTS) is 1. The van der Waals surface area contributed by atoms with Gasteiger partial charge in [-0.25, -0.2) is 4.79 Å². The van der Waals surface area contributed by atoms with E-state index in [4.69, 9.17) is 4.74 Å². The lowest BCUT2D eigenvalue weighted by Gasteiger charge is -2.34. The molecule has 1 aliphatic rings. The maximum absolute atomic E-state index is 12.7. The maximum Gasteiger partial charge on any atom is 0.407 e. The van der Waals surface area contributed by atoms with E-state index in [-0.39, 0.29) is 30.8 Å². The van der Waals surface area contributed by atoms with Crippen molar-refractivity contribution in [1.82, 2.24) is 10.6 Å². The molecule has 0 aromatic heterocycles. The fourth-order valence-corrected chi connectivity index (χ4v) is 4.87. The van der Waals surface area contributed by atoms with Gasteiger partial charge in [0.25, 0.3) is 0 Å². The third-order valence-electron chi connectivity index (χ3n) is 6.90. The number of fused-ring (bicyclic) bond motifs is 3. The highest BCUT2D eigenvalue weighted by Gasteiger charge is 2.39. The number of hydrogen-bond donors (Lipinski definition) is 3. The summed E-state index contributed by atoms with van der Waals surface area (Å²) in [6.45, 7) is 9.04. The van der Waals surface area contributed by atoms with Crippen molar-refractivity contribution < 1.29 is 24.2 Å². The molecule has 0 radical (unpaired) electrons. The van der Waals surface area contributed by atoms with Crippen molar-refractivity contribution in [3.05, 3.63) is 59.7 Å². The van der Waals surface area contributed by atoms with Gasteiger partial charge in [0, 0.05) is 24.4 Å². The maximum atomic E-state index is 12.7. The van der Waals surface area contributed by atoms with E-state index in [1.807, 2.05) is 45.0 Å². The van der Waals surface area contributed by atoms with Crippen LogP contribution in [-0.4, -0.2) is 41.8 Å². The van der Waals surface area contributed by atoms with Crippen LogP contribution in [0.4, 0.5) is 4.79 Å². The van der Waals surface area contributed by atoms with Crippen LogP contribution in [0.5, 0.6) is 0 Å². The summed E-state index contributed by atoms with van der Waals surface area (Å²) in [4.78, 5) is 37.0. The summed E-state index contributed by atoms with van der Waals surface area (Å²) in [5, 5.41) is 15.2. The first-order chi connectivity index (χ1) is 16.6. The number of nitrogens with one attached hydrogen (secondary N) is 2. The zero-order chi connectivity index (χ0) is 25.8. The van der Waals surface area contributed by atoms with Crippen LogP contribution >= 0.6 is 0 Å². The Balaban J connectivity index is 1.58. The molecule has 2 unspecified atom stereocenters. The van der Waals surface area contributed by atoms with Crippen molar-refractivity contribution in [2.45, 2.75) is 65.5 Å². The average Bonchev–Trinajstić information content (AvgIpc) is 3.14. The fraction of sp³-hybridized carbons (Fsp3) is 0.464. The Bertz CT molecular complexity index is 1030. The van der Waals surface area contributed by atoms with E-state index in [9.17, 15) is 19.5 Å². The molecule has 0 heterocycles. The van der Waals surface area contributed by atoms with Crippen LogP contribution in [0, 0.1) is 11.3 Å². The average molecular weight is 481 g/mol. The molecular formula is C28H36N2O5. The molecule has 3 N–H and O–H groups in total. The molecule has 0 saturated heterocycles. The van der Waals surface area contributed by atoms with Crippen LogP contribution in [0.25, 0.3) is 11.1 Å². The van der Waals surface area contributed by atoms with Gasteiger partial charge in [0.1, 0.15) is 6.61 Å². The number of alkyl carbamates (subject to hydrolysis) is 1. The third kappa shape index (κ3) is 5.84. The number of carbonyl (C=O) groups excluding carboxylic acids is 2. The van der Waals surface area contributed by atoms with E-state index >= 15 is 0 Å². The third-order valence-corrected chi connectivity index (χ3v) is 6.90. The predicted octanol–water partition coefficient (Wildman–Crippen LogP) is 4.95. The smallest absolute Gasteiger partial charge is 0.407 e. The molecule has 0 bridgehead atoms. The highest BCUT2D eigenvalue weighted by Crippen LogP contribution is 2.44. The van der Waals surface area contributed by atoms with Gasteiger partial charge in [-0.15, -0.1) is 0 Å². The summed E-state index contributed by atoms with van der Waals surface area (Å²) in [6.07, 6.45) is 0.00380. The number of aliphatic carboxylic acids is 1. The summed E-state index contributed by atoms with van der Waals surface area (Å²) in [5.41, 5.74) is 3.46. The van der Waals surface area contributed by atoms with E-state index < -0.39 is 29.6 Å². The van der Waals surface area contributed by atoms with Gasteiger partial charge in [0.15, 0.2) is 0 Å². The number of hydrogen-bond acceptors (Lipinski definition) is 4. The molecule has 7 nitrogen and oxygen atoms in total. The monoisotopic (exact) mass is 480 g/mol. The Labute approximate surface area is 207 Å². The second-order valence-corrected chi connectivity index (χ2v) is 10.1. The molecule has 2 aromatic carbocycles. The molecule has 2 atom stereocenters. The lowest BCUT2D eigenvalue weighted by molar-refractivity contribution is -0.150. The van der Waals surface area contributed by atoms with Gasteiger partial charge in [-0.05, 0) is 48.4 Å². The second kappa shape index (κ2) is 10.9. The summed E-state index contributed by atoms with van der Waals surface area (Å²) < 4.78 is 5.60. The lowest BCUT2D eigenvalue weighted by atomic mass is 9.78. The Kier molecular flexibility index (Phi) is 8.20. The Morgan fingerprint density at radius 2 is 1.51 bits per heavy atom. The molecule has 188 valence electrons. The molecule has 7 heteroatoms. The van der Waals surface area contributed by atoms with Crippen molar-refractivity contribution >= 4 is 18.0 Å². The van der Waals surface area contributed by atoms with E-state index in [0.717, 1.165) is 22.3 Å².